The molecule has 0 aromatic heterocycles. The fourth-order valence-corrected chi connectivity index (χ4v) is 3.30. The molecule has 3 aromatic carbocycles. The Morgan fingerprint density at radius 2 is 1.86 bits per heavy atom. The molecule has 0 heterocycles. The van der Waals surface area contributed by atoms with Crippen LogP contribution in [0.1, 0.15) is 18.9 Å². The van der Waals surface area contributed by atoms with Gasteiger partial charge in [0.25, 0.3) is 5.91 Å². The molecule has 0 fully saturated rings. The number of amides is 1. The highest BCUT2D eigenvalue weighted by molar-refractivity contribution is 9.10. The summed E-state index contributed by atoms with van der Waals surface area (Å²) in [4.78, 5) is 12.4. The zero-order chi connectivity index (χ0) is 19.8. The van der Waals surface area contributed by atoms with Crippen LogP contribution in [0.5, 0.6) is 5.75 Å². The Hall–Kier alpha value is -2.92. The van der Waals surface area contributed by atoms with Gasteiger partial charge in [0.2, 0.25) is 0 Å². The maximum atomic E-state index is 12.4. The first-order chi connectivity index (χ1) is 13.7. The van der Waals surface area contributed by atoms with Crippen molar-refractivity contribution >= 4 is 44.9 Å². The average molecular weight is 437 g/mol. The average Bonchev–Trinajstić information content (AvgIpc) is 2.74. The molecule has 1 atom stereocenters. The topological polar surface area (TPSA) is 50.7 Å². The summed E-state index contributed by atoms with van der Waals surface area (Å²) >= 11 is 3.59. The van der Waals surface area contributed by atoms with Crippen molar-refractivity contribution in [1.82, 2.24) is 5.43 Å². The van der Waals surface area contributed by atoms with Crippen LogP contribution in [0.3, 0.4) is 0 Å². The lowest BCUT2D eigenvalue weighted by molar-refractivity contribution is -0.128. The zero-order valence-electron chi connectivity index (χ0n) is 15.5. The lowest BCUT2D eigenvalue weighted by Crippen LogP contribution is -2.35. The van der Waals surface area contributed by atoms with Crippen molar-refractivity contribution in [3.8, 4) is 5.75 Å². The maximum absolute atomic E-state index is 12.4. The molecule has 0 radical (unpaired) electrons. The van der Waals surface area contributed by atoms with Crippen molar-refractivity contribution < 1.29 is 9.53 Å². The third-order valence-electron chi connectivity index (χ3n) is 4.18. The van der Waals surface area contributed by atoms with Crippen LogP contribution in [0, 0.1) is 0 Å². The van der Waals surface area contributed by atoms with Gasteiger partial charge in [-0.15, -0.1) is 0 Å². The second-order valence-corrected chi connectivity index (χ2v) is 6.93. The van der Waals surface area contributed by atoms with E-state index >= 15 is 0 Å². The molecule has 0 bridgehead atoms. The molecule has 3 rings (SSSR count). The number of carbonyl (C=O) groups excluding carboxylic acids is 1. The van der Waals surface area contributed by atoms with Gasteiger partial charge in [0.05, 0.1) is 4.47 Å². The summed E-state index contributed by atoms with van der Waals surface area (Å²) in [6.07, 6.45) is 5.13. The van der Waals surface area contributed by atoms with Crippen LogP contribution in [0.2, 0.25) is 0 Å². The molecule has 3 aromatic rings. The molecule has 1 amide bonds. The quantitative estimate of drug-likeness (QED) is 0.388. The van der Waals surface area contributed by atoms with Gasteiger partial charge < -0.3 is 4.74 Å². The van der Waals surface area contributed by atoms with Crippen LogP contribution in [0.4, 0.5) is 0 Å². The summed E-state index contributed by atoms with van der Waals surface area (Å²) in [5.41, 5.74) is 3.60. The number of nitrogens with one attached hydrogen (secondary N) is 1. The highest BCUT2D eigenvalue weighted by atomic mass is 79.9. The number of nitrogens with zero attached hydrogens (tertiary/aromatic N) is 1. The summed E-state index contributed by atoms with van der Waals surface area (Å²) in [7, 11) is 0. The van der Waals surface area contributed by atoms with Gasteiger partial charge in [0, 0.05) is 6.21 Å². The SMILES string of the molecule is CC[C@@H](Oc1ccc2ccccc2c1Br)C(=O)NN=C/C=C\c1ccccc1. The van der Waals surface area contributed by atoms with E-state index in [-0.39, 0.29) is 5.91 Å². The summed E-state index contributed by atoms with van der Waals surface area (Å²) in [5, 5.41) is 6.11. The number of hydrogen-bond donors (Lipinski definition) is 1. The van der Waals surface area contributed by atoms with Crippen LogP contribution in [-0.2, 0) is 4.79 Å². The molecule has 0 aliphatic heterocycles. The van der Waals surface area contributed by atoms with Crippen molar-refractivity contribution in [3.05, 3.63) is 82.8 Å². The van der Waals surface area contributed by atoms with Gasteiger partial charge in [0.15, 0.2) is 6.10 Å². The molecular formula is C23H21BrN2O2. The summed E-state index contributed by atoms with van der Waals surface area (Å²) in [5.74, 6) is 0.348. The van der Waals surface area contributed by atoms with E-state index in [4.69, 9.17) is 4.74 Å². The predicted molar refractivity (Wildman–Crippen MR) is 118 cm³/mol. The summed E-state index contributed by atoms with van der Waals surface area (Å²) < 4.78 is 6.78. The van der Waals surface area contributed by atoms with Crippen molar-refractivity contribution in [1.29, 1.82) is 0 Å². The molecule has 0 saturated heterocycles. The molecule has 0 aliphatic rings. The first kappa shape index (κ1) is 19.8. The van der Waals surface area contributed by atoms with E-state index in [0.29, 0.717) is 12.2 Å². The van der Waals surface area contributed by atoms with E-state index in [1.807, 2.05) is 79.7 Å². The van der Waals surface area contributed by atoms with Crippen LogP contribution in [-0.4, -0.2) is 18.2 Å². The Labute approximate surface area is 173 Å². The van der Waals surface area contributed by atoms with E-state index in [0.717, 1.165) is 20.8 Å². The molecule has 0 spiro atoms. The number of allylic oxidation sites excluding steroid dienone is 1. The largest absolute Gasteiger partial charge is 0.479 e. The molecule has 1 N–H and O–H groups in total. The number of hydrazone groups is 1. The normalized spacial score (nSPS) is 12.5. The number of ether oxygens (including phenoxy) is 1. The molecular weight excluding hydrogens is 416 g/mol. The van der Waals surface area contributed by atoms with Gasteiger partial charge in [-0.05, 0) is 50.8 Å². The van der Waals surface area contributed by atoms with Gasteiger partial charge in [-0.2, -0.15) is 5.10 Å². The third-order valence-corrected chi connectivity index (χ3v) is 5.00. The van der Waals surface area contributed by atoms with E-state index in [2.05, 4.69) is 26.5 Å². The van der Waals surface area contributed by atoms with Crippen molar-refractivity contribution in [2.75, 3.05) is 0 Å². The molecule has 142 valence electrons. The van der Waals surface area contributed by atoms with Crippen molar-refractivity contribution in [2.24, 2.45) is 5.10 Å². The van der Waals surface area contributed by atoms with E-state index in [1.165, 1.54) is 0 Å². The number of fused-ring (bicyclic) bond motifs is 1. The Bertz CT molecular complexity index is 1000. The Kier molecular flexibility index (Phi) is 6.98. The molecule has 28 heavy (non-hydrogen) atoms. The second-order valence-electron chi connectivity index (χ2n) is 6.14. The summed E-state index contributed by atoms with van der Waals surface area (Å²) in [6, 6.07) is 21.7. The first-order valence-corrected chi connectivity index (χ1v) is 9.87. The van der Waals surface area contributed by atoms with Gasteiger partial charge in [-0.1, -0.05) is 73.7 Å². The van der Waals surface area contributed by atoms with Crippen molar-refractivity contribution in [2.45, 2.75) is 19.4 Å². The van der Waals surface area contributed by atoms with Gasteiger partial charge in [-0.25, -0.2) is 5.43 Å². The van der Waals surface area contributed by atoms with E-state index in [1.54, 1.807) is 12.3 Å². The number of carbonyl (C=O) groups is 1. The van der Waals surface area contributed by atoms with Gasteiger partial charge in [-0.3, -0.25) is 4.79 Å². The monoisotopic (exact) mass is 436 g/mol. The van der Waals surface area contributed by atoms with Crippen LogP contribution < -0.4 is 10.2 Å². The van der Waals surface area contributed by atoms with Gasteiger partial charge in [0.1, 0.15) is 5.75 Å². The minimum absolute atomic E-state index is 0.285. The smallest absolute Gasteiger partial charge is 0.281 e. The van der Waals surface area contributed by atoms with Gasteiger partial charge >= 0.3 is 0 Å². The Morgan fingerprint density at radius 1 is 1.11 bits per heavy atom. The Balaban J connectivity index is 1.61. The molecule has 4 nitrogen and oxygen atoms in total. The lowest BCUT2D eigenvalue weighted by Gasteiger charge is -2.17. The first-order valence-electron chi connectivity index (χ1n) is 9.07. The Morgan fingerprint density at radius 3 is 2.64 bits per heavy atom. The molecule has 0 unspecified atom stereocenters. The number of hydrogen-bond acceptors (Lipinski definition) is 3. The van der Waals surface area contributed by atoms with Crippen LogP contribution >= 0.6 is 15.9 Å². The number of halogens is 1. The molecule has 5 heteroatoms. The fraction of sp³-hybridized carbons (Fsp3) is 0.130. The fourth-order valence-electron chi connectivity index (χ4n) is 2.71. The lowest BCUT2D eigenvalue weighted by atomic mass is 10.1. The highest BCUT2D eigenvalue weighted by Crippen LogP contribution is 2.33. The van der Waals surface area contributed by atoms with Crippen LogP contribution in [0.25, 0.3) is 16.8 Å². The molecule has 0 aliphatic carbocycles. The van der Waals surface area contributed by atoms with Crippen LogP contribution in [0.15, 0.2) is 82.4 Å². The third kappa shape index (κ3) is 5.08. The zero-order valence-corrected chi connectivity index (χ0v) is 17.1. The molecule has 0 saturated carbocycles. The minimum Gasteiger partial charge on any atom is -0.479 e. The van der Waals surface area contributed by atoms with E-state index in [9.17, 15) is 4.79 Å². The summed E-state index contributed by atoms with van der Waals surface area (Å²) in [6.45, 7) is 1.90. The number of rotatable bonds is 7. The van der Waals surface area contributed by atoms with Crippen molar-refractivity contribution in [3.63, 3.8) is 0 Å². The second kappa shape index (κ2) is 9.85. The maximum Gasteiger partial charge on any atom is 0.281 e. The predicted octanol–water partition coefficient (Wildman–Crippen LogP) is 5.58. The highest BCUT2D eigenvalue weighted by Gasteiger charge is 2.19. The number of benzene rings is 3. The standard InChI is InChI=1S/C23H21BrN2O2/c1-2-20(23(27)26-25-16-8-11-17-9-4-3-5-10-17)28-21-15-14-18-12-6-7-13-19(18)22(21)24/h3-16,20H,2H2,1H3,(H,26,27)/b11-8-,25-16?/t20-/m1/s1. The minimum atomic E-state index is -0.632. The van der Waals surface area contributed by atoms with E-state index < -0.39 is 6.10 Å².